The van der Waals surface area contributed by atoms with Crippen molar-refractivity contribution in [2.24, 2.45) is 39.6 Å². The molecule has 0 aromatic heterocycles. The highest BCUT2D eigenvalue weighted by Crippen LogP contribution is 2.35. The van der Waals surface area contributed by atoms with Crippen molar-refractivity contribution in [1.29, 1.82) is 0 Å². The lowest BCUT2D eigenvalue weighted by Crippen LogP contribution is -2.61. The number of aliphatic imine (C=N–C) groups is 1. The molecule has 0 aromatic rings. The van der Waals surface area contributed by atoms with Crippen molar-refractivity contribution >= 4 is 61.2 Å². The van der Waals surface area contributed by atoms with Crippen molar-refractivity contribution in [3.05, 3.63) is 0 Å². The topological polar surface area (TPSA) is 446 Å². The van der Waals surface area contributed by atoms with Crippen molar-refractivity contribution < 1.29 is 67.4 Å². The average Bonchev–Trinajstić information content (AvgIpc) is 3.09. The van der Waals surface area contributed by atoms with Crippen LogP contribution in [0.4, 0.5) is 0 Å². The van der Waals surface area contributed by atoms with E-state index in [2.05, 4.69) is 30.8 Å². The van der Waals surface area contributed by atoms with Gasteiger partial charge in [0.1, 0.15) is 30.2 Å². The number of nitrogens with zero attached hydrogens (tertiary/aromatic N) is 1. The Balaban J connectivity index is 6.38. The minimum atomic E-state index is -5.34. The normalized spacial score (nSPS) is 15.0. The molecule has 0 fully saturated rings. The number of phosphoric acid groups is 1. The molecule has 0 aromatic carbocycles. The van der Waals surface area contributed by atoms with Crippen LogP contribution in [0.3, 0.4) is 0 Å². The Kier molecular flexibility index (Phi) is 23.7. The number of nitrogens with one attached hydrogen (secondary N) is 5. The Morgan fingerprint density at radius 2 is 1.29 bits per heavy atom. The number of unbranched alkanes of at least 4 members (excludes halogenated alkanes) is 1. The van der Waals surface area contributed by atoms with Crippen LogP contribution in [0.5, 0.6) is 0 Å². The molecule has 6 amide bonds. The predicted molar refractivity (Wildman–Crippen MR) is 196 cm³/mol. The van der Waals surface area contributed by atoms with Crippen molar-refractivity contribution in [3.63, 3.8) is 0 Å². The number of hydrogen-bond donors (Lipinski definition) is 14. The molecule has 19 N–H and O–H groups in total. The van der Waals surface area contributed by atoms with E-state index in [0.29, 0.717) is 25.8 Å². The summed E-state index contributed by atoms with van der Waals surface area (Å²) < 4.78 is 15.9. The number of carbonyl (C=O) groups is 8. The second-order valence-corrected chi connectivity index (χ2v) is 13.9. The number of rotatable bonds is 29. The Morgan fingerprint density at radius 1 is 0.732 bits per heavy atom. The lowest BCUT2D eigenvalue weighted by molar-refractivity contribution is -0.142. The van der Waals surface area contributed by atoms with Gasteiger partial charge in [-0.2, -0.15) is 0 Å². The van der Waals surface area contributed by atoms with Gasteiger partial charge in [0.05, 0.1) is 19.1 Å². The quantitative estimate of drug-likeness (QED) is 0.0145. The number of hydrogen-bond acceptors (Lipinski definition) is 13. The summed E-state index contributed by atoms with van der Waals surface area (Å²) in [6.07, 6.45) is -0.564. The van der Waals surface area contributed by atoms with Gasteiger partial charge < -0.3 is 75.3 Å². The first-order chi connectivity index (χ1) is 26.0. The van der Waals surface area contributed by atoms with E-state index >= 15 is 0 Å². The van der Waals surface area contributed by atoms with Crippen LogP contribution in [0, 0.1) is 5.92 Å². The minimum Gasteiger partial charge on any atom is -0.481 e. The molecular weight excluding hydrogens is 769 g/mol. The first kappa shape index (κ1) is 51.1. The van der Waals surface area contributed by atoms with Crippen molar-refractivity contribution in [2.45, 2.75) is 108 Å². The molecule has 320 valence electrons. The lowest BCUT2D eigenvalue weighted by atomic mass is 9.97. The lowest BCUT2D eigenvalue weighted by Gasteiger charge is -2.28. The number of aliphatic carboxylic acids is 2. The van der Waals surface area contributed by atoms with Gasteiger partial charge in [-0.1, -0.05) is 26.7 Å². The third kappa shape index (κ3) is 21.8. The Labute approximate surface area is 322 Å². The molecule has 26 heteroatoms. The molecule has 0 heterocycles. The Bertz CT molecular complexity index is 1440. The molecule has 0 aliphatic rings. The summed E-state index contributed by atoms with van der Waals surface area (Å²) in [7, 11) is -5.34. The van der Waals surface area contributed by atoms with E-state index in [0.717, 1.165) is 0 Å². The average molecular weight is 826 g/mol. The fraction of sp³-hybridized carbons (Fsp3) is 0.700. The number of guanidine groups is 1. The van der Waals surface area contributed by atoms with Crippen LogP contribution >= 0.6 is 7.82 Å². The van der Waals surface area contributed by atoms with Crippen molar-refractivity contribution in [2.75, 3.05) is 19.7 Å². The van der Waals surface area contributed by atoms with Gasteiger partial charge in [-0.25, -0.2) is 9.36 Å². The Hall–Kier alpha value is -4.94. The third-order valence-corrected chi connectivity index (χ3v) is 8.51. The molecule has 7 atom stereocenters. The van der Waals surface area contributed by atoms with E-state index in [9.17, 15) is 62.9 Å². The smallest absolute Gasteiger partial charge is 0.469 e. The van der Waals surface area contributed by atoms with Crippen LogP contribution in [-0.4, -0.2) is 129 Å². The number of carboxylic acids is 2. The fourth-order valence-electron chi connectivity index (χ4n) is 4.74. The summed E-state index contributed by atoms with van der Waals surface area (Å²) >= 11 is 0. The zero-order chi connectivity index (χ0) is 43.2. The molecule has 56 heavy (non-hydrogen) atoms. The molecule has 25 nitrogen and oxygen atoms in total. The summed E-state index contributed by atoms with van der Waals surface area (Å²) in [5.41, 5.74) is 27.1. The van der Waals surface area contributed by atoms with Crippen molar-refractivity contribution in [3.8, 4) is 0 Å². The summed E-state index contributed by atoms with van der Waals surface area (Å²) in [5, 5.41) is 30.2. The van der Waals surface area contributed by atoms with E-state index in [4.69, 9.17) is 28.7 Å². The molecule has 0 saturated carbocycles. The summed E-state index contributed by atoms with van der Waals surface area (Å²) in [6, 6.07) is -9.70. The van der Waals surface area contributed by atoms with E-state index in [1.54, 1.807) is 13.8 Å². The summed E-state index contributed by atoms with van der Waals surface area (Å²) in [4.78, 5) is 124. The SMILES string of the molecule is CC[C@H](C)[C@H](NC(=O)[C@@H](N)CCCCN)C(=O)N[C@@H](CC(=O)O)C(=O)N[C@@H](COP(=O)(O)O)C(=O)N[C@@H](CCC(N)=O)C(=O)N[C@@H](CCCN=C(N)N)C(=O)O. The van der Waals surface area contributed by atoms with Gasteiger partial charge in [-0.05, 0) is 44.6 Å². The highest BCUT2D eigenvalue weighted by atomic mass is 31.2. The van der Waals surface area contributed by atoms with Gasteiger partial charge >= 0.3 is 19.8 Å². The highest BCUT2D eigenvalue weighted by molar-refractivity contribution is 7.46. The Morgan fingerprint density at radius 3 is 1.80 bits per heavy atom. The van der Waals surface area contributed by atoms with Crippen LogP contribution in [0.25, 0.3) is 0 Å². The predicted octanol–water partition coefficient (Wildman–Crippen LogP) is -5.10. The molecule has 0 aliphatic carbocycles. The summed E-state index contributed by atoms with van der Waals surface area (Å²) in [6.45, 7) is 2.38. The maximum absolute atomic E-state index is 13.5. The zero-order valence-electron chi connectivity index (χ0n) is 31.2. The maximum atomic E-state index is 13.5. The number of phosphoric ester groups is 1. The van der Waals surface area contributed by atoms with E-state index in [1.807, 2.05) is 5.32 Å². The molecule has 0 rings (SSSR count). The molecular formula is C30H56N11O14P. The van der Waals surface area contributed by atoms with Crippen LogP contribution in [0.15, 0.2) is 4.99 Å². The van der Waals surface area contributed by atoms with Gasteiger partial charge in [0.15, 0.2) is 5.96 Å². The van der Waals surface area contributed by atoms with Crippen LogP contribution in [0.2, 0.25) is 0 Å². The molecule has 0 aliphatic heterocycles. The van der Waals surface area contributed by atoms with Gasteiger partial charge in [-0.15, -0.1) is 0 Å². The van der Waals surface area contributed by atoms with Crippen LogP contribution < -0.4 is 55.3 Å². The van der Waals surface area contributed by atoms with E-state index < -0.39 is 123 Å². The monoisotopic (exact) mass is 825 g/mol. The van der Waals surface area contributed by atoms with Gasteiger partial charge in [0.2, 0.25) is 35.4 Å². The number of amides is 6. The van der Waals surface area contributed by atoms with Gasteiger partial charge in [-0.3, -0.25) is 43.1 Å². The maximum Gasteiger partial charge on any atom is 0.469 e. The minimum absolute atomic E-state index is 0.00477. The van der Waals surface area contributed by atoms with Crippen LogP contribution in [-0.2, 0) is 47.4 Å². The molecule has 0 spiro atoms. The molecule has 0 bridgehead atoms. The number of carboxylic acid groups (broad SMARTS) is 2. The van der Waals surface area contributed by atoms with E-state index in [-0.39, 0.29) is 31.8 Å². The second kappa shape index (κ2) is 26.0. The number of nitrogens with two attached hydrogens (primary N) is 5. The second-order valence-electron chi connectivity index (χ2n) is 12.7. The van der Waals surface area contributed by atoms with Gasteiger partial charge in [0.25, 0.3) is 0 Å². The standard InChI is InChI=1S/C30H56N11O14P/c1-3-15(2)23(41-24(45)16(32)7-4-5-11-31)28(49)39-19(13-22(43)44)26(47)40-20(14-55-56(52,53)54)27(48)37-17(9-10-21(33)42)25(46)38-18(29(50)51)8-6-12-36-30(34)35/h15-20,23H,3-14,31-32H2,1-2H3,(H2,33,42)(H,37,48)(H,38,46)(H,39,49)(H,40,47)(H,41,45)(H,43,44)(H,50,51)(H4,34,35,36)(H2,52,53,54)/t15-,16-,17-,18-,19-,20-,23-/m0/s1. The fourth-order valence-corrected chi connectivity index (χ4v) is 5.08. The van der Waals surface area contributed by atoms with Gasteiger partial charge in [0, 0.05) is 13.0 Å². The van der Waals surface area contributed by atoms with E-state index in [1.165, 1.54) is 0 Å². The number of carbonyl (C=O) groups excluding carboxylic acids is 6. The van der Waals surface area contributed by atoms with Crippen LogP contribution in [0.1, 0.15) is 71.6 Å². The van der Waals surface area contributed by atoms with Crippen molar-refractivity contribution in [1.82, 2.24) is 26.6 Å². The molecule has 0 radical (unpaired) electrons. The molecule has 0 saturated heterocycles. The first-order valence-electron chi connectivity index (χ1n) is 17.5. The number of primary amides is 1. The summed E-state index contributed by atoms with van der Waals surface area (Å²) in [5.74, 6) is -10.5. The largest absolute Gasteiger partial charge is 0.481 e. The highest BCUT2D eigenvalue weighted by Gasteiger charge is 2.36. The third-order valence-electron chi connectivity index (χ3n) is 8.03. The zero-order valence-corrected chi connectivity index (χ0v) is 32.1. The first-order valence-corrected chi connectivity index (χ1v) is 19.0. The molecule has 0 unspecified atom stereocenters.